The Morgan fingerprint density at radius 3 is 2.57 bits per heavy atom. The first-order valence-corrected chi connectivity index (χ1v) is 7.64. The Bertz CT molecular complexity index is 530. The standard InChI is InChI=1S/C10H11BrN2O.C5H10O2/c11-8-5-7(1-2-9(8)12)10-6-13(10)3-4-14-10;1-5(2,3)7-4-6/h1-2,5H,3-4,6,12H2;4H,1-3H3. The third-order valence-electron chi connectivity index (χ3n) is 3.37. The number of rotatable bonds is 2. The Kier molecular flexibility index (Phi) is 4.60. The van der Waals surface area contributed by atoms with Gasteiger partial charge in [0.15, 0.2) is 5.72 Å². The van der Waals surface area contributed by atoms with E-state index in [1.807, 2.05) is 32.9 Å². The lowest BCUT2D eigenvalue weighted by molar-refractivity contribution is -0.138. The lowest BCUT2D eigenvalue weighted by atomic mass is 10.1. The summed E-state index contributed by atoms with van der Waals surface area (Å²) in [7, 11) is 0. The summed E-state index contributed by atoms with van der Waals surface area (Å²) in [6.07, 6.45) is 0. The number of fused-ring (bicyclic) bond motifs is 1. The van der Waals surface area contributed by atoms with Crippen molar-refractivity contribution in [2.75, 3.05) is 25.4 Å². The second-order valence-corrected chi connectivity index (χ2v) is 6.97. The number of benzene rings is 1. The first kappa shape index (κ1) is 16.3. The topological polar surface area (TPSA) is 64.6 Å². The Labute approximate surface area is 133 Å². The molecular formula is C15H21BrN2O3. The van der Waals surface area contributed by atoms with Gasteiger partial charge in [0.1, 0.15) is 5.60 Å². The predicted molar refractivity (Wildman–Crippen MR) is 84.7 cm³/mol. The van der Waals surface area contributed by atoms with Crippen molar-refractivity contribution < 1.29 is 14.3 Å². The van der Waals surface area contributed by atoms with Crippen molar-refractivity contribution in [2.24, 2.45) is 0 Å². The largest absolute Gasteiger partial charge is 0.462 e. The maximum Gasteiger partial charge on any atom is 0.293 e. The molecule has 1 aromatic rings. The quantitative estimate of drug-likeness (QED) is 0.501. The van der Waals surface area contributed by atoms with E-state index in [1.54, 1.807) is 0 Å². The molecule has 2 unspecified atom stereocenters. The van der Waals surface area contributed by atoms with Gasteiger partial charge in [0.2, 0.25) is 0 Å². The van der Waals surface area contributed by atoms with Gasteiger partial charge in [0.05, 0.1) is 6.61 Å². The highest BCUT2D eigenvalue weighted by molar-refractivity contribution is 9.10. The summed E-state index contributed by atoms with van der Waals surface area (Å²) in [5.41, 5.74) is 7.29. The van der Waals surface area contributed by atoms with Crippen molar-refractivity contribution in [3.8, 4) is 0 Å². The van der Waals surface area contributed by atoms with Crippen LogP contribution in [0, 0.1) is 0 Å². The summed E-state index contributed by atoms with van der Waals surface area (Å²) < 4.78 is 11.3. The molecule has 2 aliphatic heterocycles. The third-order valence-corrected chi connectivity index (χ3v) is 4.05. The molecule has 0 bridgehead atoms. The number of nitrogens with two attached hydrogens (primary N) is 1. The Morgan fingerprint density at radius 2 is 2.19 bits per heavy atom. The third kappa shape index (κ3) is 3.75. The second-order valence-electron chi connectivity index (χ2n) is 6.12. The highest BCUT2D eigenvalue weighted by atomic mass is 79.9. The fourth-order valence-corrected chi connectivity index (χ4v) is 2.60. The minimum atomic E-state index is -0.318. The van der Waals surface area contributed by atoms with E-state index in [9.17, 15) is 4.79 Å². The van der Waals surface area contributed by atoms with Crippen LogP contribution in [0.15, 0.2) is 22.7 Å². The number of hydrogen-bond donors (Lipinski definition) is 1. The van der Waals surface area contributed by atoms with E-state index < -0.39 is 0 Å². The van der Waals surface area contributed by atoms with Crippen molar-refractivity contribution in [2.45, 2.75) is 32.1 Å². The molecule has 1 aromatic carbocycles. The molecule has 2 fully saturated rings. The summed E-state index contributed by atoms with van der Waals surface area (Å²) in [5.74, 6) is 0. The van der Waals surface area contributed by atoms with Crippen molar-refractivity contribution >= 4 is 28.1 Å². The Morgan fingerprint density at radius 1 is 1.48 bits per heavy atom. The van der Waals surface area contributed by atoms with E-state index in [-0.39, 0.29) is 11.3 Å². The summed E-state index contributed by atoms with van der Waals surface area (Å²) in [6.45, 7) is 8.82. The van der Waals surface area contributed by atoms with Gasteiger partial charge in [-0.1, -0.05) is 6.07 Å². The summed E-state index contributed by atoms with van der Waals surface area (Å²) in [6, 6.07) is 6.03. The van der Waals surface area contributed by atoms with E-state index in [2.05, 4.69) is 31.6 Å². The molecule has 116 valence electrons. The lowest BCUT2D eigenvalue weighted by Gasteiger charge is -2.14. The van der Waals surface area contributed by atoms with Crippen LogP contribution in [0.25, 0.3) is 0 Å². The van der Waals surface area contributed by atoms with Crippen LogP contribution >= 0.6 is 15.9 Å². The number of anilines is 1. The number of ether oxygens (including phenoxy) is 2. The van der Waals surface area contributed by atoms with Crippen molar-refractivity contribution in [3.05, 3.63) is 28.2 Å². The maximum atomic E-state index is 9.60. The molecule has 2 heterocycles. The molecule has 2 atom stereocenters. The van der Waals surface area contributed by atoms with Crippen LogP contribution in [0.2, 0.25) is 0 Å². The Hall–Kier alpha value is -1.11. The molecule has 0 aromatic heterocycles. The van der Waals surface area contributed by atoms with Gasteiger partial charge < -0.3 is 15.2 Å². The smallest absolute Gasteiger partial charge is 0.293 e. The van der Waals surface area contributed by atoms with E-state index in [0.29, 0.717) is 6.47 Å². The summed E-state index contributed by atoms with van der Waals surface area (Å²) >= 11 is 3.44. The van der Waals surface area contributed by atoms with Crippen LogP contribution in [0.1, 0.15) is 26.3 Å². The summed E-state index contributed by atoms with van der Waals surface area (Å²) in [4.78, 5) is 11.9. The van der Waals surface area contributed by atoms with Gasteiger partial charge in [-0.2, -0.15) is 0 Å². The second kappa shape index (κ2) is 5.94. The van der Waals surface area contributed by atoms with Crippen molar-refractivity contribution in [1.82, 2.24) is 4.90 Å². The first-order chi connectivity index (χ1) is 9.78. The molecule has 5 nitrogen and oxygen atoms in total. The Balaban J connectivity index is 0.000000199. The van der Waals surface area contributed by atoms with Crippen LogP contribution < -0.4 is 5.73 Å². The molecule has 3 rings (SSSR count). The molecule has 0 spiro atoms. The molecule has 2 aliphatic rings. The zero-order valence-corrected chi connectivity index (χ0v) is 14.1. The predicted octanol–water partition coefficient (Wildman–Crippen LogP) is 2.49. The van der Waals surface area contributed by atoms with Gasteiger partial charge in [-0.05, 0) is 48.8 Å². The zero-order valence-electron chi connectivity index (χ0n) is 12.6. The molecule has 6 heteroatoms. The monoisotopic (exact) mass is 356 g/mol. The molecule has 0 aliphatic carbocycles. The van der Waals surface area contributed by atoms with Gasteiger partial charge >= 0.3 is 0 Å². The number of nitrogen functional groups attached to an aromatic ring is 1. The highest BCUT2D eigenvalue weighted by Gasteiger charge is 2.58. The van der Waals surface area contributed by atoms with E-state index >= 15 is 0 Å². The normalized spacial score (nSPS) is 26.4. The van der Waals surface area contributed by atoms with E-state index in [4.69, 9.17) is 10.5 Å². The molecular weight excluding hydrogens is 336 g/mol. The number of hydrogen-bond acceptors (Lipinski definition) is 5. The van der Waals surface area contributed by atoms with E-state index in [0.717, 1.165) is 29.9 Å². The van der Waals surface area contributed by atoms with Gasteiger partial charge in [-0.25, -0.2) is 0 Å². The number of carbonyl (C=O) groups excluding carboxylic acids is 1. The molecule has 21 heavy (non-hydrogen) atoms. The summed E-state index contributed by atoms with van der Waals surface area (Å²) in [5, 5.41) is 0. The fraction of sp³-hybridized carbons (Fsp3) is 0.533. The molecule has 2 N–H and O–H groups in total. The maximum absolute atomic E-state index is 9.60. The zero-order chi connectivity index (χ0) is 15.7. The SMILES string of the molecule is CC(C)(C)OC=O.Nc1ccc(C23CN2CCO3)cc1Br. The van der Waals surface area contributed by atoms with Crippen LogP contribution in [0.3, 0.4) is 0 Å². The molecule has 0 amide bonds. The fourth-order valence-electron chi connectivity index (χ4n) is 2.22. The minimum absolute atomic E-state index is 0.115. The van der Waals surface area contributed by atoms with Gasteiger partial charge in [-0.15, -0.1) is 0 Å². The molecule has 0 radical (unpaired) electrons. The number of halogens is 1. The minimum Gasteiger partial charge on any atom is -0.462 e. The van der Waals surface area contributed by atoms with Gasteiger partial charge in [-0.3, -0.25) is 9.69 Å². The highest BCUT2D eigenvalue weighted by Crippen LogP contribution is 2.47. The average Bonchev–Trinajstić information content (AvgIpc) is 2.95. The number of nitrogens with zero attached hydrogens (tertiary/aromatic N) is 1. The van der Waals surface area contributed by atoms with Gasteiger partial charge in [0, 0.05) is 28.8 Å². The lowest BCUT2D eigenvalue weighted by Crippen LogP contribution is -2.17. The average molecular weight is 357 g/mol. The first-order valence-electron chi connectivity index (χ1n) is 6.84. The van der Waals surface area contributed by atoms with Crippen molar-refractivity contribution in [1.29, 1.82) is 0 Å². The molecule has 2 saturated heterocycles. The van der Waals surface area contributed by atoms with Crippen LogP contribution in [-0.2, 0) is 20.0 Å². The van der Waals surface area contributed by atoms with Crippen LogP contribution in [0.5, 0.6) is 0 Å². The van der Waals surface area contributed by atoms with Gasteiger partial charge in [0.25, 0.3) is 6.47 Å². The van der Waals surface area contributed by atoms with E-state index in [1.165, 1.54) is 5.56 Å². The van der Waals surface area contributed by atoms with Crippen LogP contribution in [0.4, 0.5) is 5.69 Å². The molecule has 0 saturated carbocycles. The van der Waals surface area contributed by atoms with Crippen molar-refractivity contribution in [3.63, 3.8) is 0 Å². The number of morpholine rings is 1. The van der Waals surface area contributed by atoms with Crippen LogP contribution in [-0.4, -0.2) is 36.7 Å². The number of carbonyl (C=O) groups is 1.